The summed E-state index contributed by atoms with van der Waals surface area (Å²) in [7, 11) is 1.97. The molecule has 5 atom stereocenters. The minimum Gasteiger partial charge on any atom is -0.355 e. The second-order valence-electron chi connectivity index (χ2n) is 10.6. The number of nitrogens with zero attached hydrogens (tertiary/aromatic N) is 6. The number of likely N-dealkylation sites (N-methyl/N-ethyl adjacent to an activating group) is 1. The van der Waals surface area contributed by atoms with E-state index in [4.69, 9.17) is 20.7 Å². The number of fused-ring (bicyclic) bond motifs is 1. The van der Waals surface area contributed by atoms with Gasteiger partial charge in [0.15, 0.2) is 5.65 Å². The molecule has 0 radical (unpaired) electrons. The van der Waals surface area contributed by atoms with Gasteiger partial charge in [-0.1, -0.05) is 0 Å². The first-order valence-electron chi connectivity index (χ1n) is 13.0. The molecule has 4 saturated heterocycles. The number of piperidine rings is 1. The zero-order valence-electron chi connectivity index (χ0n) is 20.7. The highest BCUT2D eigenvalue weighted by molar-refractivity contribution is 5.83. The van der Waals surface area contributed by atoms with Crippen LogP contribution >= 0.6 is 0 Å². The molecule has 4 N–H and O–H groups in total. The van der Waals surface area contributed by atoms with Crippen LogP contribution in [0.2, 0.25) is 0 Å². The second-order valence-corrected chi connectivity index (χ2v) is 10.6. The standard InChI is InChI=1S/C24H37N9O2/c1-15-13-33-21(28-23(15)31-10-7-16(25)14-31)11-18(29-33)19-5-3-4-9-32(19)24(34)22-17(12-26-30(22)2)20-6-8-27-35-20/h11,13,16-17,19-20,22,26-27H,3-10,12,14,25H2,1-2H3. The van der Waals surface area contributed by atoms with Gasteiger partial charge in [-0.25, -0.2) is 20.0 Å². The molecular formula is C24H37N9O2. The molecule has 1 amide bonds. The molecule has 35 heavy (non-hydrogen) atoms. The molecule has 6 rings (SSSR count). The van der Waals surface area contributed by atoms with E-state index in [0.717, 1.165) is 87.6 Å². The molecule has 2 aromatic heterocycles. The summed E-state index contributed by atoms with van der Waals surface area (Å²) in [6.45, 7) is 6.17. The van der Waals surface area contributed by atoms with Crippen LogP contribution in [0.3, 0.4) is 0 Å². The Balaban J connectivity index is 1.28. The number of rotatable bonds is 4. The Labute approximate surface area is 205 Å². The van der Waals surface area contributed by atoms with Crippen molar-refractivity contribution in [2.24, 2.45) is 11.7 Å². The summed E-state index contributed by atoms with van der Waals surface area (Å²) in [5.74, 6) is 1.26. The lowest BCUT2D eigenvalue weighted by Crippen LogP contribution is -2.52. The smallest absolute Gasteiger partial charge is 0.242 e. The van der Waals surface area contributed by atoms with Crippen LogP contribution in [0.15, 0.2) is 12.3 Å². The van der Waals surface area contributed by atoms with Gasteiger partial charge in [0, 0.05) is 69.6 Å². The van der Waals surface area contributed by atoms with Crippen LogP contribution in [0, 0.1) is 12.8 Å². The Bertz CT molecular complexity index is 1080. The predicted octanol–water partition coefficient (Wildman–Crippen LogP) is 0.357. The van der Waals surface area contributed by atoms with Crippen LogP contribution in [0.1, 0.15) is 49.4 Å². The normalized spacial score (nSPS) is 32.3. The number of carbonyl (C=O) groups is 1. The van der Waals surface area contributed by atoms with Crippen molar-refractivity contribution in [2.75, 3.05) is 44.7 Å². The highest BCUT2D eigenvalue weighted by Crippen LogP contribution is 2.35. The number of hydrogen-bond acceptors (Lipinski definition) is 9. The molecule has 4 aliphatic rings. The van der Waals surface area contributed by atoms with Crippen molar-refractivity contribution < 1.29 is 9.63 Å². The van der Waals surface area contributed by atoms with E-state index >= 15 is 0 Å². The number of nitrogens with two attached hydrogens (primary N) is 1. The van der Waals surface area contributed by atoms with E-state index in [1.165, 1.54) is 0 Å². The monoisotopic (exact) mass is 483 g/mol. The molecule has 190 valence electrons. The summed E-state index contributed by atoms with van der Waals surface area (Å²) in [5, 5.41) is 6.88. The highest BCUT2D eigenvalue weighted by Gasteiger charge is 2.46. The summed E-state index contributed by atoms with van der Waals surface area (Å²) in [6, 6.07) is 1.98. The lowest BCUT2D eigenvalue weighted by Gasteiger charge is -2.38. The molecule has 0 aliphatic carbocycles. The van der Waals surface area contributed by atoms with E-state index in [1.54, 1.807) is 0 Å². The van der Waals surface area contributed by atoms with Gasteiger partial charge < -0.3 is 15.5 Å². The molecule has 0 spiro atoms. The fourth-order valence-electron chi connectivity index (χ4n) is 6.31. The largest absolute Gasteiger partial charge is 0.355 e. The predicted molar refractivity (Wildman–Crippen MR) is 131 cm³/mol. The Hall–Kier alpha value is -2.31. The quantitative estimate of drug-likeness (QED) is 0.567. The maximum Gasteiger partial charge on any atom is 0.242 e. The first-order valence-corrected chi connectivity index (χ1v) is 13.0. The molecule has 0 saturated carbocycles. The lowest BCUT2D eigenvalue weighted by atomic mass is 9.90. The fourth-order valence-corrected chi connectivity index (χ4v) is 6.31. The molecular weight excluding hydrogens is 446 g/mol. The Morgan fingerprint density at radius 1 is 1.23 bits per heavy atom. The van der Waals surface area contributed by atoms with Crippen LogP contribution in [-0.4, -0.2) is 88.4 Å². The number of aryl methyl sites for hydroxylation is 1. The van der Waals surface area contributed by atoms with Crippen LogP contribution in [-0.2, 0) is 9.63 Å². The summed E-state index contributed by atoms with van der Waals surface area (Å²) in [6.07, 6.45) is 7.03. The summed E-state index contributed by atoms with van der Waals surface area (Å²) in [5.41, 5.74) is 15.3. The number of aromatic nitrogens is 3. The van der Waals surface area contributed by atoms with Gasteiger partial charge in [-0.05, 0) is 39.0 Å². The number of hydrogen-bond donors (Lipinski definition) is 3. The van der Waals surface area contributed by atoms with Gasteiger partial charge >= 0.3 is 0 Å². The molecule has 5 unspecified atom stereocenters. The van der Waals surface area contributed by atoms with Gasteiger partial charge in [0.05, 0.1) is 17.8 Å². The number of carbonyl (C=O) groups excluding carboxylic acids is 1. The van der Waals surface area contributed by atoms with Crippen molar-refractivity contribution in [1.82, 2.24) is 35.4 Å². The maximum absolute atomic E-state index is 14.0. The van der Waals surface area contributed by atoms with Crippen molar-refractivity contribution in [3.05, 3.63) is 23.5 Å². The minimum absolute atomic E-state index is 0.0424. The van der Waals surface area contributed by atoms with Crippen LogP contribution in [0.4, 0.5) is 5.82 Å². The van der Waals surface area contributed by atoms with Crippen LogP contribution in [0.5, 0.6) is 0 Å². The van der Waals surface area contributed by atoms with Crippen LogP contribution < -0.4 is 21.5 Å². The van der Waals surface area contributed by atoms with E-state index < -0.39 is 0 Å². The van der Waals surface area contributed by atoms with E-state index in [9.17, 15) is 4.79 Å². The molecule has 2 aromatic rings. The number of amides is 1. The molecule has 4 aliphatic heterocycles. The fraction of sp³-hybridized carbons (Fsp3) is 0.708. The molecule has 0 bridgehead atoms. The second kappa shape index (κ2) is 9.29. The summed E-state index contributed by atoms with van der Waals surface area (Å²) in [4.78, 5) is 29.0. The summed E-state index contributed by atoms with van der Waals surface area (Å²) < 4.78 is 1.87. The van der Waals surface area contributed by atoms with Crippen molar-refractivity contribution in [2.45, 2.75) is 63.3 Å². The van der Waals surface area contributed by atoms with Gasteiger partial charge in [-0.2, -0.15) is 5.10 Å². The van der Waals surface area contributed by atoms with Gasteiger partial charge in [-0.3, -0.25) is 15.1 Å². The molecule has 4 fully saturated rings. The Morgan fingerprint density at radius 2 is 2.11 bits per heavy atom. The first-order chi connectivity index (χ1) is 17.0. The summed E-state index contributed by atoms with van der Waals surface area (Å²) >= 11 is 0. The molecule has 0 aromatic carbocycles. The van der Waals surface area contributed by atoms with Crippen LogP contribution in [0.25, 0.3) is 5.65 Å². The topological polar surface area (TPSA) is 116 Å². The minimum atomic E-state index is -0.246. The van der Waals surface area contributed by atoms with E-state index in [0.29, 0.717) is 0 Å². The molecule has 11 heteroatoms. The maximum atomic E-state index is 14.0. The molecule has 6 heterocycles. The van der Waals surface area contributed by atoms with Crippen molar-refractivity contribution in [3.8, 4) is 0 Å². The van der Waals surface area contributed by atoms with Gasteiger partial charge in [0.25, 0.3) is 0 Å². The zero-order valence-corrected chi connectivity index (χ0v) is 20.7. The van der Waals surface area contributed by atoms with Gasteiger partial charge in [0.2, 0.25) is 5.91 Å². The van der Waals surface area contributed by atoms with Gasteiger partial charge in [-0.15, -0.1) is 0 Å². The lowest BCUT2D eigenvalue weighted by molar-refractivity contribution is -0.143. The number of anilines is 1. The van der Waals surface area contributed by atoms with E-state index in [-0.39, 0.29) is 36.1 Å². The number of hydrazine groups is 1. The van der Waals surface area contributed by atoms with E-state index in [2.05, 4.69) is 39.9 Å². The zero-order chi connectivity index (χ0) is 24.1. The third kappa shape index (κ3) is 4.19. The van der Waals surface area contributed by atoms with Crippen molar-refractivity contribution in [1.29, 1.82) is 0 Å². The SMILES string of the molecule is Cc1cn2nc(C3CCCCN3C(=O)C3C(C4CCNO4)CNN3C)cc2nc1N1CCC(N)C1. The number of nitrogens with one attached hydrogen (secondary N) is 2. The Morgan fingerprint density at radius 3 is 2.89 bits per heavy atom. The average molecular weight is 484 g/mol. The first kappa shape index (κ1) is 23.1. The van der Waals surface area contributed by atoms with E-state index in [1.807, 2.05) is 16.6 Å². The number of likely N-dealkylation sites (tertiary alicyclic amines) is 1. The third-order valence-corrected chi connectivity index (χ3v) is 8.17. The molecule has 11 nitrogen and oxygen atoms in total. The highest BCUT2D eigenvalue weighted by atomic mass is 16.7. The van der Waals surface area contributed by atoms with Gasteiger partial charge in [0.1, 0.15) is 11.9 Å². The third-order valence-electron chi connectivity index (χ3n) is 8.17. The Kier molecular flexibility index (Phi) is 6.13. The number of hydroxylamine groups is 1. The average Bonchev–Trinajstić information content (AvgIpc) is 3.65. The van der Waals surface area contributed by atoms with Crippen molar-refractivity contribution in [3.63, 3.8) is 0 Å². The van der Waals surface area contributed by atoms with Crippen molar-refractivity contribution >= 4 is 17.4 Å².